The molecule has 2 heterocycles. The molecule has 2 aromatic heterocycles. The summed E-state index contributed by atoms with van der Waals surface area (Å²) in [4.78, 5) is 28.3. The van der Waals surface area contributed by atoms with Crippen molar-refractivity contribution in [2.45, 2.75) is 19.5 Å². The van der Waals surface area contributed by atoms with Crippen LogP contribution in [0.2, 0.25) is 0 Å². The van der Waals surface area contributed by atoms with Crippen molar-refractivity contribution in [2.75, 3.05) is 0 Å². The summed E-state index contributed by atoms with van der Waals surface area (Å²) in [6.45, 7) is 1.83. The Morgan fingerprint density at radius 3 is 2.64 bits per heavy atom. The van der Waals surface area contributed by atoms with Crippen LogP contribution in [-0.4, -0.2) is 15.8 Å². The van der Waals surface area contributed by atoms with Gasteiger partial charge in [-0.25, -0.2) is 0 Å². The molecule has 7 nitrogen and oxygen atoms in total. The van der Waals surface area contributed by atoms with E-state index < -0.39 is 11.0 Å². The average molecular weight is 395 g/mol. The molecule has 142 valence electrons. The zero-order valence-electron chi connectivity index (χ0n) is 15.0. The average Bonchev–Trinajstić information content (AvgIpc) is 3.21. The molecule has 0 aliphatic heterocycles. The fraction of sp³-hybridized carbons (Fsp3) is 0.150. The van der Waals surface area contributed by atoms with Crippen molar-refractivity contribution in [1.82, 2.24) is 0 Å². The number of nitro benzene ring substituents is 1. The van der Waals surface area contributed by atoms with Crippen LogP contribution in [0.25, 0.3) is 0 Å². The van der Waals surface area contributed by atoms with Gasteiger partial charge in [0.15, 0.2) is 12.4 Å². The van der Waals surface area contributed by atoms with E-state index in [-0.39, 0.29) is 28.6 Å². The first-order chi connectivity index (χ1) is 13.5. The van der Waals surface area contributed by atoms with Crippen LogP contribution in [0.1, 0.15) is 27.7 Å². The third kappa shape index (κ3) is 4.29. The van der Waals surface area contributed by atoms with Crippen molar-refractivity contribution in [1.29, 1.82) is 0 Å². The van der Waals surface area contributed by atoms with Crippen molar-refractivity contribution < 1.29 is 18.7 Å². The molecule has 8 heteroatoms. The number of aryl methyl sites for hydroxylation is 1. The first kappa shape index (κ1) is 19.4. The number of pyridine rings is 1. The quantitative estimate of drug-likeness (QED) is 0.116. The van der Waals surface area contributed by atoms with Gasteiger partial charge in [0, 0.05) is 29.3 Å². The minimum atomic E-state index is -0.895. The first-order valence-corrected chi connectivity index (χ1v) is 8.87. The number of hydrogen-bond donors (Lipinski definition) is 0. The summed E-state index contributed by atoms with van der Waals surface area (Å²) in [6, 6.07) is 12.4. The molecule has 0 aliphatic rings. The predicted octanol–water partition coefficient (Wildman–Crippen LogP) is 3.35. The topological polar surface area (TPSA) is 89.6 Å². The second-order valence-corrected chi connectivity index (χ2v) is 6.50. The van der Waals surface area contributed by atoms with Gasteiger partial charge in [-0.05, 0) is 24.1 Å². The number of aromatic nitrogens is 1. The first-order valence-electron chi connectivity index (χ1n) is 8.46. The molecule has 1 atom stereocenters. The predicted molar refractivity (Wildman–Crippen MR) is 105 cm³/mol. The number of aliphatic imine (C=N–C) groups is 1. The van der Waals surface area contributed by atoms with Crippen molar-refractivity contribution in [3.63, 3.8) is 0 Å². The van der Waals surface area contributed by atoms with Crippen LogP contribution in [0.3, 0.4) is 0 Å². The van der Waals surface area contributed by atoms with Gasteiger partial charge in [0.25, 0.3) is 5.69 Å². The summed E-state index contributed by atoms with van der Waals surface area (Å²) in [5, 5.41) is 11.4. The zero-order chi connectivity index (χ0) is 20.1. The van der Waals surface area contributed by atoms with E-state index in [1.807, 2.05) is 6.07 Å². The smallest absolute Gasteiger partial charge is 0.273 e. The Balaban J connectivity index is 1.99. The molecule has 0 unspecified atom stereocenters. The van der Waals surface area contributed by atoms with E-state index in [1.54, 1.807) is 60.3 Å². The molecule has 1 aromatic carbocycles. The minimum Gasteiger partial charge on any atom is -0.758 e. The van der Waals surface area contributed by atoms with Crippen molar-refractivity contribution >= 4 is 29.1 Å². The normalized spacial score (nSPS) is 12.5. The van der Waals surface area contributed by atoms with Crippen LogP contribution in [0, 0.1) is 17.0 Å². The number of benzene rings is 1. The van der Waals surface area contributed by atoms with Crippen LogP contribution in [0.15, 0.2) is 76.6 Å². The summed E-state index contributed by atoms with van der Waals surface area (Å²) in [7, 11) is 0. The second kappa shape index (κ2) is 8.53. The number of carbonyl (C=O) groups excluding carboxylic acids is 1. The lowest BCUT2D eigenvalue weighted by atomic mass is 10.0. The lowest BCUT2D eigenvalue weighted by Crippen LogP contribution is -2.47. The number of rotatable bonds is 7. The van der Waals surface area contributed by atoms with E-state index in [1.165, 1.54) is 12.3 Å². The summed E-state index contributed by atoms with van der Waals surface area (Å²) in [6.07, 6.45) is 4.95. The second-order valence-electron chi connectivity index (χ2n) is 6.08. The number of nitro groups is 1. The van der Waals surface area contributed by atoms with Crippen molar-refractivity contribution in [3.05, 3.63) is 94.2 Å². The number of hydrogen-bond acceptors (Lipinski definition) is 6. The van der Waals surface area contributed by atoms with Gasteiger partial charge in [-0.15, -0.1) is 0 Å². The molecule has 0 amide bonds. The largest absolute Gasteiger partial charge is 0.758 e. The minimum absolute atomic E-state index is 0.110. The molecule has 0 saturated heterocycles. The van der Waals surface area contributed by atoms with E-state index in [9.17, 15) is 14.9 Å². The van der Waals surface area contributed by atoms with Crippen LogP contribution in [-0.2, 0) is 19.2 Å². The summed E-state index contributed by atoms with van der Waals surface area (Å²) in [5.41, 5.74) is 0.575. The Labute approximate surface area is 166 Å². The monoisotopic (exact) mass is 395 g/mol. The standard InChI is InChI=1S/C20H17N3O4S/c1-14-7-8-15(12-17(14)23(25)26)19(24)18(22-9-3-2-4-10-22)20(28)21-13-16-6-5-11-27-16/h2-12,18H,13H2,1H3/t18-/m0/s1. The Morgan fingerprint density at radius 2 is 2.00 bits per heavy atom. The van der Waals surface area contributed by atoms with Crippen LogP contribution < -0.4 is 4.57 Å². The number of ketones is 1. The maximum absolute atomic E-state index is 13.2. The fourth-order valence-corrected chi connectivity index (χ4v) is 3.01. The van der Waals surface area contributed by atoms with Gasteiger partial charge in [0.2, 0.25) is 11.8 Å². The SMILES string of the molecule is Cc1ccc(C(=O)[C@@H](C([S-])=NCc2ccco2)[n+]2ccccc2)cc1[N+](=O)[O-]. The van der Waals surface area contributed by atoms with E-state index in [4.69, 9.17) is 17.0 Å². The number of carbonyl (C=O) groups is 1. The van der Waals surface area contributed by atoms with Gasteiger partial charge < -0.3 is 22.0 Å². The van der Waals surface area contributed by atoms with Gasteiger partial charge in [-0.1, -0.05) is 18.2 Å². The Kier molecular flexibility index (Phi) is 5.90. The van der Waals surface area contributed by atoms with Gasteiger partial charge in [-0.3, -0.25) is 14.9 Å². The molecule has 0 saturated carbocycles. The van der Waals surface area contributed by atoms with E-state index in [0.29, 0.717) is 11.3 Å². The van der Waals surface area contributed by atoms with Gasteiger partial charge in [0.05, 0.1) is 17.7 Å². The van der Waals surface area contributed by atoms with E-state index in [2.05, 4.69) is 4.99 Å². The van der Waals surface area contributed by atoms with Gasteiger partial charge in [-0.2, -0.15) is 4.57 Å². The number of nitrogens with zero attached hydrogens (tertiary/aromatic N) is 3. The fourth-order valence-electron chi connectivity index (χ4n) is 2.72. The highest BCUT2D eigenvalue weighted by Crippen LogP contribution is 2.22. The van der Waals surface area contributed by atoms with E-state index in [0.717, 1.165) is 0 Å². The molecule has 0 spiro atoms. The molecule has 3 rings (SSSR count). The zero-order valence-corrected chi connectivity index (χ0v) is 15.8. The maximum Gasteiger partial charge on any atom is 0.273 e. The molecular weight excluding hydrogens is 378 g/mol. The number of furan rings is 1. The third-order valence-electron chi connectivity index (χ3n) is 4.18. The highest BCUT2D eigenvalue weighted by Gasteiger charge is 2.29. The molecule has 0 N–H and O–H groups in total. The highest BCUT2D eigenvalue weighted by atomic mass is 32.1. The lowest BCUT2D eigenvalue weighted by molar-refractivity contribution is -0.691. The van der Waals surface area contributed by atoms with Crippen LogP contribution in [0.5, 0.6) is 0 Å². The van der Waals surface area contributed by atoms with Crippen molar-refractivity contribution in [2.24, 2.45) is 4.99 Å². The molecule has 28 heavy (non-hydrogen) atoms. The number of Topliss-reactive ketones (excluding diaryl/α,β-unsaturated/α-hetero) is 1. The Morgan fingerprint density at radius 1 is 1.25 bits per heavy atom. The Bertz CT molecular complexity index is 1020. The summed E-state index contributed by atoms with van der Waals surface area (Å²) >= 11 is 5.43. The molecule has 0 fully saturated rings. The van der Waals surface area contributed by atoms with Gasteiger partial charge >= 0.3 is 0 Å². The van der Waals surface area contributed by atoms with Gasteiger partial charge in [0.1, 0.15) is 5.76 Å². The molecule has 0 radical (unpaired) electrons. The third-order valence-corrected chi connectivity index (χ3v) is 4.53. The summed E-state index contributed by atoms with van der Waals surface area (Å²) in [5.74, 6) is 0.255. The summed E-state index contributed by atoms with van der Waals surface area (Å²) < 4.78 is 6.89. The lowest BCUT2D eigenvalue weighted by Gasteiger charge is -2.18. The molecular formula is C20H17N3O4S. The maximum atomic E-state index is 13.2. The highest BCUT2D eigenvalue weighted by molar-refractivity contribution is 7.77. The molecule has 0 bridgehead atoms. The Hall–Kier alpha value is -3.39. The molecule has 3 aromatic rings. The van der Waals surface area contributed by atoms with Crippen LogP contribution in [0.4, 0.5) is 5.69 Å². The van der Waals surface area contributed by atoms with E-state index >= 15 is 0 Å². The molecule has 0 aliphatic carbocycles. The van der Waals surface area contributed by atoms with Crippen LogP contribution >= 0.6 is 0 Å². The van der Waals surface area contributed by atoms with Crippen molar-refractivity contribution in [3.8, 4) is 0 Å².